The van der Waals surface area contributed by atoms with Crippen molar-refractivity contribution in [3.05, 3.63) is 141 Å². The molecule has 0 aliphatic carbocycles. The standard InChI is InChI=1S/C38H34F12O2S/c1-33(2,3)25-11-7-21(8-12-25)31(23-15-27(35(39,40)41)19-28(16-23)36(42,43)44)53(51,52)32(22-9-13-26(14-10-22)34(4,5)6)24-17-29(37(45,46)47)20-30(18-24)38(48,49)50/h7-20,31-32H,1-6H3. The van der Waals surface area contributed by atoms with Crippen molar-refractivity contribution in [1.29, 1.82) is 0 Å². The van der Waals surface area contributed by atoms with Gasteiger partial charge in [0.25, 0.3) is 0 Å². The van der Waals surface area contributed by atoms with Crippen molar-refractivity contribution in [2.75, 3.05) is 0 Å². The number of alkyl halides is 12. The van der Waals surface area contributed by atoms with Crippen LogP contribution in [0.3, 0.4) is 0 Å². The highest BCUT2D eigenvalue weighted by Gasteiger charge is 2.45. The predicted molar refractivity (Wildman–Crippen MR) is 176 cm³/mol. The molecule has 2 atom stereocenters. The van der Waals surface area contributed by atoms with Gasteiger partial charge in [-0.2, -0.15) is 52.7 Å². The smallest absolute Gasteiger partial charge is 0.227 e. The van der Waals surface area contributed by atoms with E-state index in [1.165, 1.54) is 24.3 Å². The summed E-state index contributed by atoms with van der Waals surface area (Å²) in [5, 5.41) is -4.92. The topological polar surface area (TPSA) is 34.1 Å². The second-order valence-electron chi connectivity index (χ2n) is 14.8. The molecule has 0 N–H and O–H groups in total. The minimum atomic E-state index is -5.49. The lowest BCUT2D eigenvalue weighted by Gasteiger charge is -2.29. The fraction of sp³-hybridized carbons (Fsp3) is 0.368. The van der Waals surface area contributed by atoms with Crippen LogP contribution in [-0.2, 0) is 45.4 Å². The summed E-state index contributed by atoms with van der Waals surface area (Å²) in [7, 11) is -5.49. The highest BCUT2D eigenvalue weighted by atomic mass is 32.2. The number of hydrogen-bond donors (Lipinski definition) is 0. The van der Waals surface area contributed by atoms with E-state index < -0.39 is 89.3 Å². The van der Waals surface area contributed by atoms with Crippen molar-refractivity contribution < 1.29 is 61.1 Å². The molecule has 4 rings (SSSR count). The van der Waals surface area contributed by atoms with Crippen molar-refractivity contribution >= 4 is 9.84 Å². The molecule has 0 aromatic heterocycles. The van der Waals surface area contributed by atoms with E-state index in [1.807, 2.05) is 0 Å². The molecule has 15 heteroatoms. The lowest BCUT2D eigenvalue weighted by Crippen LogP contribution is -2.25. The SMILES string of the molecule is CC(C)(C)c1ccc(C(c2cc(C(F)(F)F)cc(C(F)(F)F)c2)S(=O)(=O)C(c2ccc(C(C)(C)C)cc2)c2cc(C(F)(F)F)cc(C(F)(F)F)c2)cc1. The Morgan fingerprint density at radius 2 is 0.585 bits per heavy atom. The van der Waals surface area contributed by atoms with Gasteiger partial charge >= 0.3 is 24.7 Å². The molecule has 0 amide bonds. The molecular weight excluding hydrogens is 748 g/mol. The van der Waals surface area contributed by atoms with Gasteiger partial charge in [0.05, 0.1) is 22.3 Å². The van der Waals surface area contributed by atoms with Crippen LogP contribution in [-0.4, -0.2) is 8.42 Å². The Hall–Kier alpha value is -4.01. The molecular formula is C38H34F12O2S. The van der Waals surface area contributed by atoms with Gasteiger partial charge in [0.1, 0.15) is 10.5 Å². The first-order chi connectivity index (χ1) is 23.8. The highest BCUT2D eigenvalue weighted by Crippen LogP contribution is 2.48. The average Bonchev–Trinajstić information content (AvgIpc) is 2.98. The van der Waals surface area contributed by atoms with Crippen LogP contribution in [0.5, 0.6) is 0 Å². The largest absolute Gasteiger partial charge is 0.416 e. The second-order valence-corrected chi connectivity index (χ2v) is 16.9. The summed E-state index contributed by atoms with van der Waals surface area (Å²) in [6.45, 7) is 10.6. The molecule has 0 fully saturated rings. The van der Waals surface area contributed by atoms with Crippen LogP contribution in [0.15, 0.2) is 84.9 Å². The molecule has 53 heavy (non-hydrogen) atoms. The number of hydrogen-bond acceptors (Lipinski definition) is 2. The number of benzene rings is 4. The van der Waals surface area contributed by atoms with Crippen molar-refractivity contribution in [2.45, 2.75) is 87.6 Å². The molecule has 0 spiro atoms. The van der Waals surface area contributed by atoms with E-state index in [0.29, 0.717) is 11.1 Å². The predicted octanol–water partition coefficient (Wildman–Crippen LogP) is 12.7. The molecule has 0 bridgehead atoms. The Morgan fingerprint density at radius 3 is 0.774 bits per heavy atom. The van der Waals surface area contributed by atoms with E-state index in [0.717, 1.165) is 24.3 Å². The van der Waals surface area contributed by atoms with E-state index in [1.54, 1.807) is 41.5 Å². The van der Waals surface area contributed by atoms with Gasteiger partial charge in [0.15, 0.2) is 9.84 Å². The Labute approximate surface area is 298 Å². The zero-order valence-corrected chi connectivity index (χ0v) is 29.8. The van der Waals surface area contributed by atoms with E-state index in [-0.39, 0.29) is 47.5 Å². The maximum atomic E-state index is 15.1. The van der Waals surface area contributed by atoms with Crippen LogP contribution in [0.1, 0.15) is 108 Å². The highest BCUT2D eigenvalue weighted by molar-refractivity contribution is 7.92. The van der Waals surface area contributed by atoms with Gasteiger partial charge in [-0.25, -0.2) is 8.42 Å². The second kappa shape index (κ2) is 13.7. The first-order valence-electron chi connectivity index (χ1n) is 15.8. The number of rotatable bonds is 6. The van der Waals surface area contributed by atoms with Gasteiger partial charge in [-0.15, -0.1) is 0 Å². The summed E-state index contributed by atoms with van der Waals surface area (Å²) in [4.78, 5) is 0. The zero-order valence-electron chi connectivity index (χ0n) is 29.0. The van der Waals surface area contributed by atoms with Crippen LogP contribution < -0.4 is 0 Å². The number of sulfone groups is 1. The third-order valence-electron chi connectivity index (χ3n) is 8.64. The summed E-state index contributed by atoms with van der Waals surface area (Å²) in [6.07, 6.45) is -21.7. The Bertz CT molecular complexity index is 1830. The normalized spacial score (nSPS) is 15.0. The number of halogens is 12. The fourth-order valence-corrected chi connectivity index (χ4v) is 8.23. The first-order valence-corrected chi connectivity index (χ1v) is 17.4. The van der Waals surface area contributed by atoms with Crippen molar-refractivity contribution in [3.63, 3.8) is 0 Å². The quantitative estimate of drug-likeness (QED) is 0.183. The average molecular weight is 783 g/mol. The molecule has 288 valence electrons. The van der Waals surface area contributed by atoms with Crippen molar-refractivity contribution in [1.82, 2.24) is 0 Å². The molecule has 0 heterocycles. The fourth-order valence-electron chi connectivity index (χ4n) is 5.86. The molecule has 0 saturated carbocycles. The zero-order chi connectivity index (χ0) is 40.3. The van der Waals surface area contributed by atoms with Crippen molar-refractivity contribution in [2.24, 2.45) is 0 Å². The Morgan fingerprint density at radius 1 is 0.358 bits per heavy atom. The van der Waals surface area contributed by atoms with Gasteiger partial charge in [-0.1, -0.05) is 90.1 Å². The maximum Gasteiger partial charge on any atom is 0.416 e. The van der Waals surface area contributed by atoms with E-state index in [9.17, 15) is 52.7 Å². The van der Waals surface area contributed by atoms with Gasteiger partial charge in [-0.3, -0.25) is 0 Å². The minimum absolute atomic E-state index is 0.183. The molecule has 2 unspecified atom stereocenters. The molecule has 0 radical (unpaired) electrons. The summed E-state index contributed by atoms with van der Waals surface area (Å²) < 4.78 is 199. The van der Waals surface area contributed by atoms with Gasteiger partial charge < -0.3 is 0 Å². The third kappa shape index (κ3) is 9.39. The minimum Gasteiger partial charge on any atom is -0.227 e. The third-order valence-corrected chi connectivity index (χ3v) is 11.0. The van der Waals surface area contributed by atoms with Gasteiger partial charge in [0.2, 0.25) is 0 Å². The van der Waals surface area contributed by atoms with Gasteiger partial charge in [-0.05, 0) is 80.6 Å². The maximum absolute atomic E-state index is 15.1. The van der Waals surface area contributed by atoms with Crippen LogP contribution >= 0.6 is 0 Å². The molecule has 0 aliphatic rings. The molecule has 0 saturated heterocycles. The van der Waals surface area contributed by atoms with E-state index in [4.69, 9.17) is 0 Å². The van der Waals surface area contributed by atoms with Gasteiger partial charge in [0, 0.05) is 0 Å². The lowest BCUT2D eigenvalue weighted by molar-refractivity contribution is -0.144. The molecule has 4 aromatic rings. The van der Waals surface area contributed by atoms with Crippen LogP contribution in [0.4, 0.5) is 52.7 Å². The summed E-state index contributed by atoms with van der Waals surface area (Å²) in [5.41, 5.74) is -10.4. The molecule has 4 aromatic carbocycles. The summed E-state index contributed by atoms with van der Waals surface area (Å²) in [5.74, 6) is 0. The van der Waals surface area contributed by atoms with E-state index in [2.05, 4.69) is 0 Å². The Kier molecular flexibility index (Phi) is 10.8. The monoisotopic (exact) mass is 782 g/mol. The van der Waals surface area contributed by atoms with Crippen molar-refractivity contribution in [3.8, 4) is 0 Å². The first kappa shape index (κ1) is 41.7. The Balaban J connectivity index is 2.19. The lowest BCUT2D eigenvalue weighted by atomic mass is 9.86. The van der Waals surface area contributed by atoms with E-state index >= 15 is 8.42 Å². The van der Waals surface area contributed by atoms with Crippen LogP contribution in [0, 0.1) is 0 Å². The summed E-state index contributed by atoms with van der Waals surface area (Å²) in [6, 6.07) is 10.4. The van der Waals surface area contributed by atoms with Crippen LogP contribution in [0.25, 0.3) is 0 Å². The summed E-state index contributed by atoms with van der Waals surface area (Å²) >= 11 is 0. The molecule has 0 aliphatic heterocycles. The molecule has 2 nitrogen and oxygen atoms in total. The van der Waals surface area contributed by atoms with Crippen LogP contribution in [0.2, 0.25) is 0 Å².